The molecule has 4 nitrogen and oxygen atoms in total. The van der Waals surface area contributed by atoms with Crippen molar-refractivity contribution < 1.29 is 9.53 Å². The van der Waals surface area contributed by atoms with Crippen LogP contribution in [0.25, 0.3) is 0 Å². The van der Waals surface area contributed by atoms with Gasteiger partial charge >= 0.3 is 5.97 Å². The molecule has 3 rings (SSSR count). The second-order valence-electron chi connectivity index (χ2n) is 5.11. The van der Waals surface area contributed by atoms with Crippen molar-refractivity contribution >= 4 is 5.97 Å². The summed E-state index contributed by atoms with van der Waals surface area (Å²) in [6, 6.07) is 9.10. The Bertz CT molecular complexity index is 444. The van der Waals surface area contributed by atoms with E-state index in [9.17, 15) is 4.79 Å². The maximum atomic E-state index is 11.3. The fourth-order valence-corrected chi connectivity index (χ4v) is 2.94. The van der Waals surface area contributed by atoms with E-state index in [1.807, 2.05) is 24.3 Å². The van der Waals surface area contributed by atoms with Crippen LogP contribution < -0.4 is 5.32 Å². The molecule has 2 saturated heterocycles. The van der Waals surface area contributed by atoms with Gasteiger partial charge in [-0.15, -0.1) is 0 Å². The van der Waals surface area contributed by atoms with Crippen molar-refractivity contribution in [2.24, 2.45) is 0 Å². The number of rotatable bonds is 3. The van der Waals surface area contributed by atoms with Crippen LogP contribution in [0.4, 0.5) is 0 Å². The van der Waals surface area contributed by atoms with Gasteiger partial charge < -0.3 is 10.1 Å². The highest BCUT2D eigenvalue weighted by molar-refractivity contribution is 5.89. The number of nitrogens with zero attached hydrogens (tertiary/aromatic N) is 1. The topological polar surface area (TPSA) is 41.6 Å². The molecular formula is C14H18N2O2. The maximum absolute atomic E-state index is 11.3. The van der Waals surface area contributed by atoms with E-state index in [2.05, 4.69) is 10.2 Å². The van der Waals surface area contributed by atoms with Crippen molar-refractivity contribution in [1.29, 1.82) is 0 Å². The van der Waals surface area contributed by atoms with Crippen molar-refractivity contribution in [1.82, 2.24) is 10.2 Å². The van der Waals surface area contributed by atoms with Crippen LogP contribution in [-0.4, -0.2) is 43.2 Å². The van der Waals surface area contributed by atoms with Crippen LogP contribution in [0.2, 0.25) is 0 Å². The molecule has 1 aromatic carbocycles. The minimum atomic E-state index is -0.272. The van der Waals surface area contributed by atoms with Gasteiger partial charge in [0, 0.05) is 31.7 Å². The summed E-state index contributed by atoms with van der Waals surface area (Å²) in [5.74, 6) is -0.272. The van der Waals surface area contributed by atoms with E-state index >= 15 is 0 Å². The predicted octanol–water partition coefficient (Wildman–Crippen LogP) is 1.02. The van der Waals surface area contributed by atoms with Gasteiger partial charge in [0.25, 0.3) is 0 Å². The van der Waals surface area contributed by atoms with Crippen molar-refractivity contribution in [2.45, 2.75) is 25.0 Å². The zero-order valence-corrected chi connectivity index (χ0v) is 10.6. The molecule has 2 aliphatic rings. The zero-order valence-electron chi connectivity index (χ0n) is 10.6. The molecule has 0 saturated carbocycles. The van der Waals surface area contributed by atoms with E-state index < -0.39 is 0 Å². The molecule has 0 unspecified atom stereocenters. The van der Waals surface area contributed by atoms with E-state index in [4.69, 9.17) is 4.74 Å². The van der Waals surface area contributed by atoms with Crippen molar-refractivity contribution in [2.75, 3.05) is 20.2 Å². The Labute approximate surface area is 107 Å². The van der Waals surface area contributed by atoms with Gasteiger partial charge in [-0.1, -0.05) is 12.1 Å². The Morgan fingerprint density at radius 2 is 2.22 bits per heavy atom. The largest absolute Gasteiger partial charge is 0.465 e. The van der Waals surface area contributed by atoms with E-state index in [0.717, 1.165) is 19.6 Å². The molecule has 0 aliphatic carbocycles. The molecule has 2 fully saturated rings. The summed E-state index contributed by atoms with van der Waals surface area (Å²) in [4.78, 5) is 13.9. The molecule has 18 heavy (non-hydrogen) atoms. The highest BCUT2D eigenvalue weighted by Gasteiger charge is 2.37. The molecule has 0 radical (unpaired) electrons. The van der Waals surface area contributed by atoms with Gasteiger partial charge in [-0.05, 0) is 24.1 Å². The zero-order chi connectivity index (χ0) is 12.5. The van der Waals surface area contributed by atoms with Gasteiger partial charge in [-0.25, -0.2) is 4.79 Å². The molecule has 1 aromatic rings. The number of carbonyl (C=O) groups is 1. The quantitative estimate of drug-likeness (QED) is 0.809. The molecule has 4 heteroatoms. The maximum Gasteiger partial charge on any atom is 0.337 e. The van der Waals surface area contributed by atoms with Crippen LogP contribution in [0.3, 0.4) is 0 Å². The Kier molecular flexibility index (Phi) is 3.06. The first-order valence-electron chi connectivity index (χ1n) is 6.41. The second-order valence-corrected chi connectivity index (χ2v) is 5.11. The van der Waals surface area contributed by atoms with Crippen LogP contribution in [0.1, 0.15) is 22.3 Å². The van der Waals surface area contributed by atoms with Gasteiger partial charge in [0.15, 0.2) is 0 Å². The number of esters is 1. The molecule has 2 heterocycles. The lowest BCUT2D eigenvalue weighted by Gasteiger charge is -2.27. The number of hydrogen-bond acceptors (Lipinski definition) is 4. The predicted molar refractivity (Wildman–Crippen MR) is 68.4 cm³/mol. The molecular weight excluding hydrogens is 228 g/mol. The molecule has 0 aromatic heterocycles. The van der Waals surface area contributed by atoms with Gasteiger partial charge in [-0.2, -0.15) is 0 Å². The number of nitrogens with one attached hydrogen (secondary N) is 1. The standard InChI is InChI=1S/C14H18N2O2/c1-18-14(17)11-4-2-10(3-5-11)8-16-9-12-6-13(16)7-15-12/h2-5,12-13,15H,6-9H2,1H3/t12-,13-/m0/s1. The summed E-state index contributed by atoms with van der Waals surface area (Å²) in [6.45, 7) is 3.23. The molecule has 0 amide bonds. The number of fused-ring (bicyclic) bond motifs is 2. The Balaban J connectivity index is 1.65. The summed E-state index contributed by atoms with van der Waals surface area (Å²) in [6.07, 6.45) is 1.28. The number of benzene rings is 1. The monoisotopic (exact) mass is 246 g/mol. The first-order chi connectivity index (χ1) is 8.76. The highest BCUT2D eigenvalue weighted by atomic mass is 16.5. The van der Waals surface area contributed by atoms with Gasteiger partial charge in [0.1, 0.15) is 0 Å². The third-order valence-corrected chi connectivity index (χ3v) is 3.93. The number of piperazine rings is 1. The Morgan fingerprint density at radius 3 is 2.78 bits per heavy atom. The first-order valence-corrected chi connectivity index (χ1v) is 6.41. The number of ether oxygens (including phenoxy) is 1. The van der Waals surface area contributed by atoms with E-state index in [0.29, 0.717) is 17.6 Å². The number of carbonyl (C=O) groups excluding carboxylic acids is 1. The minimum absolute atomic E-state index is 0.272. The van der Waals surface area contributed by atoms with Crippen molar-refractivity contribution in [3.63, 3.8) is 0 Å². The Morgan fingerprint density at radius 1 is 1.44 bits per heavy atom. The summed E-state index contributed by atoms with van der Waals surface area (Å²) in [5.41, 5.74) is 1.88. The summed E-state index contributed by atoms with van der Waals surface area (Å²) < 4.78 is 4.69. The molecule has 2 atom stereocenters. The van der Waals surface area contributed by atoms with Crippen LogP contribution in [-0.2, 0) is 11.3 Å². The lowest BCUT2D eigenvalue weighted by Crippen LogP contribution is -2.42. The molecule has 2 aliphatic heterocycles. The number of methoxy groups -OCH3 is 1. The first kappa shape index (κ1) is 11.7. The SMILES string of the molecule is COC(=O)c1ccc(CN2C[C@@H]3C[C@H]2CN3)cc1. The van der Waals surface area contributed by atoms with E-state index in [-0.39, 0.29) is 5.97 Å². The lowest BCUT2D eigenvalue weighted by molar-refractivity contribution is 0.0600. The third-order valence-electron chi connectivity index (χ3n) is 3.93. The smallest absolute Gasteiger partial charge is 0.337 e. The van der Waals surface area contributed by atoms with Crippen molar-refractivity contribution in [3.8, 4) is 0 Å². The van der Waals surface area contributed by atoms with E-state index in [1.165, 1.54) is 19.1 Å². The van der Waals surface area contributed by atoms with Crippen LogP contribution >= 0.6 is 0 Å². The summed E-state index contributed by atoms with van der Waals surface area (Å²) in [7, 11) is 1.41. The second kappa shape index (κ2) is 4.71. The number of hydrogen-bond donors (Lipinski definition) is 1. The highest BCUT2D eigenvalue weighted by Crippen LogP contribution is 2.25. The molecule has 0 spiro atoms. The summed E-state index contributed by atoms with van der Waals surface area (Å²) in [5, 5.41) is 3.50. The molecule has 96 valence electrons. The lowest BCUT2D eigenvalue weighted by atomic mass is 10.1. The third kappa shape index (κ3) is 2.13. The fraction of sp³-hybridized carbons (Fsp3) is 0.500. The minimum Gasteiger partial charge on any atom is -0.465 e. The van der Waals surface area contributed by atoms with Crippen LogP contribution in [0.15, 0.2) is 24.3 Å². The van der Waals surface area contributed by atoms with E-state index in [1.54, 1.807) is 0 Å². The average molecular weight is 246 g/mol. The average Bonchev–Trinajstić information content (AvgIpc) is 3.01. The van der Waals surface area contributed by atoms with Crippen LogP contribution in [0.5, 0.6) is 0 Å². The fourth-order valence-electron chi connectivity index (χ4n) is 2.94. The van der Waals surface area contributed by atoms with Gasteiger partial charge in [0.2, 0.25) is 0 Å². The summed E-state index contributed by atoms with van der Waals surface area (Å²) >= 11 is 0. The van der Waals surface area contributed by atoms with Crippen LogP contribution in [0, 0.1) is 0 Å². The van der Waals surface area contributed by atoms with Crippen molar-refractivity contribution in [3.05, 3.63) is 35.4 Å². The molecule has 1 N–H and O–H groups in total. The van der Waals surface area contributed by atoms with Gasteiger partial charge in [0.05, 0.1) is 12.7 Å². The Hall–Kier alpha value is -1.39. The van der Waals surface area contributed by atoms with Gasteiger partial charge in [-0.3, -0.25) is 4.90 Å². The molecule has 2 bridgehead atoms. The normalized spacial score (nSPS) is 26.5. The number of likely N-dealkylation sites (tertiary alicyclic amines) is 1.